The first kappa shape index (κ1) is 49.3. The van der Waals surface area contributed by atoms with E-state index in [1.165, 1.54) is 109 Å². The molecule has 0 saturated carbocycles. The number of aromatic nitrogens is 3. The Morgan fingerprint density at radius 1 is 0.322 bits per heavy atom. The summed E-state index contributed by atoms with van der Waals surface area (Å²) in [5, 5.41) is 17.4. The molecule has 5 nitrogen and oxygen atoms in total. The van der Waals surface area contributed by atoms with Gasteiger partial charge in [0, 0.05) is 85.5 Å². The van der Waals surface area contributed by atoms with E-state index in [4.69, 9.17) is 9.97 Å². The average molecular weight is 1120 g/mol. The van der Waals surface area contributed by atoms with E-state index in [0.29, 0.717) is 0 Å². The zero-order chi connectivity index (χ0) is 57.3. The van der Waals surface area contributed by atoms with Gasteiger partial charge in [0.2, 0.25) is 0 Å². The summed E-state index contributed by atoms with van der Waals surface area (Å²) in [5.74, 6) is 0. The van der Waals surface area contributed by atoms with Gasteiger partial charge in [-0.2, -0.15) is 0 Å². The number of hydrogen-bond donors (Lipinski definition) is 0. The third-order valence-electron chi connectivity index (χ3n) is 18.7. The van der Waals surface area contributed by atoms with Crippen LogP contribution in [0.5, 0.6) is 0 Å². The van der Waals surface area contributed by atoms with Crippen LogP contribution in [0.3, 0.4) is 0 Å². The fourth-order valence-electron chi connectivity index (χ4n) is 15.2. The van der Waals surface area contributed by atoms with Gasteiger partial charge < -0.3 is 14.4 Å². The third kappa shape index (κ3) is 7.19. The van der Waals surface area contributed by atoms with Crippen molar-refractivity contribution in [1.29, 1.82) is 0 Å². The Labute approximate surface area is 504 Å². The summed E-state index contributed by atoms with van der Waals surface area (Å²) in [4.78, 5) is 15.0. The van der Waals surface area contributed by atoms with E-state index in [0.717, 1.165) is 55.7 Å². The number of hydrogen-bond acceptors (Lipinski definition) is 4. The van der Waals surface area contributed by atoms with Crippen molar-refractivity contribution in [1.82, 2.24) is 14.5 Å². The molecule has 0 saturated heterocycles. The van der Waals surface area contributed by atoms with Crippen molar-refractivity contribution in [3.8, 4) is 39.1 Å². The summed E-state index contributed by atoms with van der Waals surface area (Å²) in [7, 11) is -3.39. The predicted molar refractivity (Wildman–Crippen MR) is 368 cm³/mol. The van der Waals surface area contributed by atoms with Gasteiger partial charge in [-0.05, 0) is 173 Å². The fraction of sp³-hybridized carbons (Fsp3) is 0.0123. The summed E-state index contributed by atoms with van der Waals surface area (Å²) in [6, 6.07) is 104. The molecule has 5 heterocycles. The highest BCUT2D eigenvalue weighted by molar-refractivity contribution is 7.25. The first-order chi connectivity index (χ1) is 43.1. The molecule has 0 amide bonds. The molecule has 1 spiro atoms. The third-order valence-corrected chi connectivity index (χ3v) is 23.7. The van der Waals surface area contributed by atoms with Crippen LogP contribution < -0.4 is 30.5 Å². The average Bonchev–Trinajstić information content (AvgIpc) is 1.64. The minimum atomic E-state index is -3.39. The zero-order valence-electron chi connectivity index (χ0n) is 47.6. The summed E-state index contributed by atoms with van der Waals surface area (Å²) < 4.78 is 2.44. The van der Waals surface area contributed by atoms with Crippen LogP contribution in [0.1, 0.15) is 5.56 Å². The van der Waals surface area contributed by atoms with Crippen molar-refractivity contribution in [3.05, 3.63) is 309 Å². The molecule has 0 bridgehead atoms. The van der Waals surface area contributed by atoms with Crippen molar-refractivity contribution < 1.29 is 0 Å². The van der Waals surface area contributed by atoms with Crippen LogP contribution in [0.2, 0.25) is 0 Å². The van der Waals surface area contributed by atoms with Gasteiger partial charge in [0.25, 0.3) is 0 Å². The highest BCUT2D eigenvalue weighted by atomic mass is 28.3. The molecule has 87 heavy (non-hydrogen) atoms. The second-order valence-electron chi connectivity index (χ2n) is 23.3. The highest BCUT2D eigenvalue weighted by Gasteiger charge is 2.56. The molecule has 2 aliphatic heterocycles. The van der Waals surface area contributed by atoms with Crippen LogP contribution in [0.4, 0.5) is 34.1 Å². The van der Waals surface area contributed by atoms with Crippen LogP contribution in [0.25, 0.3) is 104 Å². The number of fused-ring (bicyclic) bond motifs is 22. The Bertz CT molecular complexity index is 5400. The van der Waals surface area contributed by atoms with Crippen molar-refractivity contribution >= 4 is 128 Å². The van der Waals surface area contributed by atoms with E-state index in [9.17, 15) is 0 Å². The zero-order valence-corrected chi connectivity index (χ0v) is 48.6. The van der Waals surface area contributed by atoms with Crippen LogP contribution >= 0.6 is 0 Å². The van der Waals surface area contributed by atoms with Crippen LogP contribution in [0, 0.1) is 6.92 Å². The smallest absolute Gasteiger partial charge is 0.186 e. The second-order valence-corrected chi connectivity index (χ2v) is 26.9. The largest absolute Gasteiger partial charge is 0.310 e. The quantitative estimate of drug-likeness (QED) is 0.118. The number of benzene rings is 13. The van der Waals surface area contributed by atoms with Crippen molar-refractivity contribution in [2.45, 2.75) is 6.92 Å². The first-order valence-corrected chi connectivity index (χ1v) is 31.9. The fourth-order valence-corrected chi connectivity index (χ4v) is 21.2. The van der Waals surface area contributed by atoms with E-state index in [2.05, 4.69) is 313 Å². The maximum atomic E-state index is 5.05. The van der Waals surface area contributed by atoms with E-state index in [-0.39, 0.29) is 0 Å². The maximum absolute atomic E-state index is 5.05. The Hall–Kier alpha value is -11.2. The molecule has 0 atom stereocenters. The standard InChI is InChI=1S/C81H53N5Si/c1-52-45-56(47-61(46-52)85-74-31-14-10-26-63(74)64-27-11-15-32-75(64)85)55-37-40-68-71(48-55)73-51-83-44-42-70(73)81-79(68)86(60-24-18-23-59(49-60)84(57-21-6-3-7-22-57)58-38-35-54(36-39-58)53-19-4-2-5-20-53)78-67-30-9-8-25-62(67)72-50-82-43-41-69(72)80(78)87(81)76-33-16-12-28-65(76)66-29-13-17-34-77(66)87/h2-51H,1H3. The lowest BCUT2D eigenvalue weighted by Gasteiger charge is -2.46. The van der Waals surface area contributed by atoms with Crippen molar-refractivity contribution in [3.63, 3.8) is 0 Å². The number of anilines is 6. The lowest BCUT2D eigenvalue weighted by molar-refractivity contribution is 1.17. The number of aryl methyl sites for hydroxylation is 1. The van der Waals surface area contributed by atoms with E-state index in [1.807, 2.05) is 12.4 Å². The molecule has 0 fully saturated rings. The highest BCUT2D eigenvalue weighted by Crippen LogP contribution is 2.52. The van der Waals surface area contributed by atoms with Gasteiger partial charge in [0.05, 0.1) is 22.4 Å². The molecule has 13 aromatic carbocycles. The van der Waals surface area contributed by atoms with Gasteiger partial charge in [0.15, 0.2) is 8.07 Å². The number of para-hydroxylation sites is 3. The van der Waals surface area contributed by atoms with Gasteiger partial charge in [-0.3, -0.25) is 9.97 Å². The monoisotopic (exact) mass is 1120 g/mol. The minimum Gasteiger partial charge on any atom is -0.310 e. The second kappa shape index (κ2) is 19.2. The normalized spacial score (nSPS) is 13.0. The van der Waals surface area contributed by atoms with Crippen LogP contribution in [-0.4, -0.2) is 22.6 Å². The van der Waals surface area contributed by atoms with Gasteiger partial charge >= 0.3 is 0 Å². The maximum Gasteiger partial charge on any atom is 0.186 e. The summed E-state index contributed by atoms with van der Waals surface area (Å²) >= 11 is 0. The predicted octanol–water partition coefficient (Wildman–Crippen LogP) is 18.4. The first-order valence-electron chi connectivity index (χ1n) is 29.9. The summed E-state index contributed by atoms with van der Waals surface area (Å²) in [6.07, 6.45) is 8.28. The molecular formula is C81H53N5Si. The van der Waals surface area contributed by atoms with Gasteiger partial charge in [0.1, 0.15) is 0 Å². The van der Waals surface area contributed by atoms with E-state index < -0.39 is 8.07 Å². The van der Waals surface area contributed by atoms with Crippen molar-refractivity contribution in [2.24, 2.45) is 0 Å². The Kier molecular flexibility index (Phi) is 10.9. The van der Waals surface area contributed by atoms with Crippen LogP contribution in [0.15, 0.2) is 304 Å². The van der Waals surface area contributed by atoms with Gasteiger partial charge in [-0.1, -0.05) is 194 Å². The molecule has 406 valence electrons. The molecule has 6 heteroatoms. The van der Waals surface area contributed by atoms with E-state index in [1.54, 1.807) is 0 Å². The van der Waals surface area contributed by atoms with Gasteiger partial charge in [-0.25, -0.2) is 0 Å². The van der Waals surface area contributed by atoms with Gasteiger partial charge in [-0.15, -0.1) is 0 Å². The Morgan fingerprint density at radius 3 is 1.51 bits per heavy atom. The SMILES string of the molecule is Cc1cc(-c2ccc3c4c(c5ccncc5c3c2)[Si]2(c3ccccc3-c3ccccc32)c2c(c3ccccc3c3cnccc23)N4c2cccc(N(c3ccccc3)c3ccc(-c4ccccc4)cc3)c2)cc(-n2c3ccccc3c3ccccc32)c1. The molecule has 0 radical (unpaired) electrons. The lowest BCUT2D eigenvalue weighted by atomic mass is 9.94. The van der Waals surface area contributed by atoms with E-state index >= 15 is 0 Å². The molecule has 3 aromatic heterocycles. The molecule has 18 rings (SSSR count). The van der Waals surface area contributed by atoms with Crippen LogP contribution in [-0.2, 0) is 0 Å². The summed E-state index contributed by atoms with van der Waals surface area (Å²) in [6.45, 7) is 2.23. The molecule has 16 aromatic rings. The number of rotatable bonds is 7. The van der Waals surface area contributed by atoms with Crippen molar-refractivity contribution in [2.75, 3.05) is 9.80 Å². The topological polar surface area (TPSA) is 37.2 Å². The molecule has 0 aliphatic carbocycles. The lowest BCUT2D eigenvalue weighted by Crippen LogP contribution is -2.75. The molecule has 2 aliphatic rings. The number of pyridine rings is 2. The Morgan fingerprint density at radius 2 is 0.839 bits per heavy atom. The number of nitrogens with zero attached hydrogens (tertiary/aromatic N) is 5. The molecule has 0 N–H and O–H groups in total. The molecular weight excluding hydrogens is 1070 g/mol. The molecule has 0 unspecified atom stereocenters. The Balaban J connectivity index is 0.958. The minimum absolute atomic E-state index is 1.05. The summed E-state index contributed by atoms with van der Waals surface area (Å²) in [5.41, 5.74) is 18.7.